The summed E-state index contributed by atoms with van der Waals surface area (Å²) in [6.45, 7) is 18.6. The lowest BCUT2D eigenvalue weighted by molar-refractivity contribution is -0.147. The Balaban J connectivity index is 0.00000105. The smallest absolute Gasteiger partial charge is 0.339 e. The van der Waals surface area contributed by atoms with Crippen LogP contribution in [-0.4, -0.2) is 50.3 Å². The van der Waals surface area contributed by atoms with Gasteiger partial charge in [-0.25, -0.2) is 9.59 Å². The van der Waals surface area contributed by atoms with Crippen LogP contribution in [0.4, 0.5) is 0 Å². The van der Waals surface area contributed by atoms with Crippen molar-refractivity contribution in [1.29, 1.82) is 0 Å². The van der Waals surface area contributed by atoms with E-state index in [9.17, 15) is 19.2 Å². The minimum absolute atomic E-state index is 0.181. The van der Waals surface area contributed by atoms with Crippen LogP contribution in [0.15, 0.2) is 24.3 Å². The van der Waals surface area contributed by atoms with Gasteiger partial charge < -0.3 is 18.9 Å². The van der Waals surface area contributed by atoms with Crippen LogP contribution in [0.5, 0.6) is 0 Å². The number of benzene rings is 1. The summed E-state index contributed by atoms with van der Waals surface area (Å²) in [7, 11) is 0. The van der Waals surface area contributed by atoms with Crippen molar-refractivity contribution in [3.05, 3.63) is 35.4 Å². The number of esters is 4. The molecular formula is C40H68O8. The lowest BCUT2D eigenvalue weighted by Gasteiger charge is -2.10. The molecule has 48 heavy (non-hydrogen) atoms. The van der Waals surface area contributed by atoms with Gasteiger partial charge in [-0.3, -0.25) is 9.59 Å². The van der Waals surface area contributed by atoms with Crippen molar-refractivity contribution in [2.75, 3.05) is 26.4 Å². The van der Waals surface area contributed by atoms with Crippen LogP contribution in [-0.2, 0) is 28.5 Å². The van der Waals surface area contributed by atoms with Crippen LogP contribution in [0.1, 0.15) is 166 Å². The Bertz CT molecular complexity index is 920. The summed E-state index contributed by atoms with van der Waals surface area (Å²) < 4.78 is 20.8. The molecule has 0 unspecified atom stereocenters. The van der Waals surface area contributed by atoms with Gasteiger partial charge in [0.25, 0.3) is 0 Å². The average molecular weight is 677 g/mol. The number of rotatable bonds is 25. The second kappa shape index (κ2) is 29.1. The molecule has 0 atom stereocenters. The quantitative estimate of drug-likeness (QED) is 0.0572. The molecule has 0 saturated carbocycles. The first kappa shape index (κ1) is 45.1. The summed E-state index contributed by atoms with van der Waals surface area (Å²) in [6.07, 6.45) is 13.2. The average Bonchev–Trinajstić information content (AvgIpc) is 3.03. The van der Waals surface area contributed by atoms with Gasteiger partial charge in [0.1, 0.15) is 0 Å². The molecule has 0 radical (unpaired) electrons. The monoisotopic (exact) mass is 676 g/mol. The third kappa shape index (κ3) is 27.1. The second-order valence-electron chi connectivity index (χ2n) is 14.4. The van der Waals surface area contributed by atoms with Gasteiger partial charge in [-0.05, 0) is 61.5 Å². The fourth-order valence-electron chi connectivity index (χ4n) is 4.54. The molecule has 0 fully saturated rings. The SMILES string of the molecule is CC(C)CCCCCCOC(=O)c1ccccc1C(=O)OCCCCCCC(C)C.CC(C)COC(=O)CCCCC(=O)OCC(C)C. The minimum Gasteiger partial charge on any atom is -0.465 e. The van der Waals surface area contributed by atoms with E-state index >= 15 is 0 Å². The molecular weight excluding hydrogens is 608 g/mol. The fourth-order valence-corrected chi connectivity index (χ4v) is 4.54. The lowest BCUT2D eigenvalue weighted by Crippen LogP contribution is -2.15. The van der Waals surface area contributed by atoms with E-state index in [-0.39, 0.29) is 11.9 Å². The van der Waals surface area contributed by atoms with Crippen LogP contribution in [0, 0.1) is 23.7 Å². The number of hydrogen-bond donors (Lipinski definition) is 0. The van der Waals surface area contributed by atoms with E-state index in [2.05, 4.69) is 27.7 Å². The molecule has 0 aliphatic heterocycles. The number of carbonyl (C=O) groups is 4. The zero-order chi connectivity index (χ0) is 36.2. The van der Waals surface area contributed by atoms with Crippen molar-refractivity contribution in [1.82, 2.24) is 0 Å². The van der Waals surface area contributed by atoms with E-state index < -0.39 is 11.9 Å². The Labute approximate surface area is 292 Å². The number of hydrogen-bond acceptors (Lipinski definition) is 8. The molecule has 0 saturated heterocycles. The Hall–Kier alpha value is -2.90. The molecule has 0 N–H and O–H groups in total. The molecule has 0 heterocycles. The molecule has 276 valence electrons. The normalized spacial score (nSPS) is 11.0. The highest BCUT2D eigenvalue weighted by molar-refractivity contribution is 6.03. The van der Waals surface area contributed by atoms with E-state index in [1.165, 1.54) is 25.7 Å². The second-order valence-corrected chi connectivity index (χ2v) is 14.4. The summed E-state index contributed by atoms with van der Waals surface area (Å²) in [5.74, 6) is 0.947. The van der Waals surface area contributed by atoms with Gasteiger partial charge in [-0.15, -0.1) is 0 Å². The first-order valence-electron chi connectivity index (χ1n) is 18.6. The standard InChI is InChI=1S/C26H42O4.C14H26O4/c1-21(2)15-9-5-7-13-19-29-25(27)23-17-11-12-18-24(23)26(28)30-20-14-8-6-10-16-22(3)4;1-11(2)9-17-13(15)7-5-6-8-14(16)18-10-12(3)4/h11-12,17-18,21-22H,5-10,13-16,19-20H2,1-4H3;11-12H,5-10H2,1-4H3. The highest BCUT2D eigenvalue weighted by Crippen LogP contribution is 2.15. The number of carbonyl (C=O) groups excluding carboxylic acids is 4. The van der Waals surface area contributed by atoms with Crippen molar-refractivity contribution >= 4 is 23.9 Å². The Kier molecular flexibility index (Phi) is 27.3. The topological polar surface area (TPSA) is 105 Å². The Morgan fingerprint density at radius 3 is 1.15 bits per heavy atom. The molecule has 0 amide bonds. The van der Waals surface area contributed by atoms with Crippen molar-refractivity contribution in [3.63, 3.8) is 0 Å². The predicted octanol–water partition coefficient (Wildman–Crippen LogP) is 10.2. The van der Waals surface area contributed by atoms with Crippen molar-refractivity contribution in [3.8, 4) is 0 Å². The molecule has 8 nitrogen and oxygen atoms in total. The van der Waals surface area contributed by atoms with E-state index in [4.69, 9.17) is 18.9 Å². The van der Waals surface area contributed by atoms with Gasteiger partial charge in [0.05, 0.1) is 37.6 Å². The number of unbranched alkanes of at least 4 members (excludes halogenated alkanes) is 7. The Morgan fingerprint density at radius 2 is 0.812 bits per heavy atom. The maximum atomic E-state index is 12.4. The van der Waals surface area contributed by atoms with Crippen LogP contribution in [0.2, 0.25) is 0 Å². The van der Waals surface area contributed by atoms with E-state index in [1.54, 1.807) is 24.3 Å². The van der Waals surface area contributed by atoms with Crippen molar-refractivity contribution < 1.29 is 38.1 Å². The van der Waals surface area contributed by atoms with Gasteiger partial charge in [-0.1, -0.05) is 119 Å². The highest BCUT2D eigenvalue weighted by Gasteiger charge is 2.19. The van der Waals surface area contributed by atoms with E-state index in [1.807, 2.05) is 27.7 Å². The maximum absolute atomic E-state index is 12.4. The minimum atomic E-state index is -0.446. The summed E-state index contributed by atoms with van der Waals surface area (Å²) in [5.41, 5.74) is 0.582. The molecule has 0 aliphatic carbocycles. The first-order valence-corrected chi connectivity index (χ1v) is 18.6. The lowest BCUT2D eigenvalue weighted by atomic mass is 10.0. The first-order chi connectivity index (χ1) is 22.8. The van der Waals surface area contributed by atoms with E-state index in [0.717, 1.165) is 50.4 Å². The zero-order valence-electron chi connectivity index (χ0n) is 31.6. The number of ether oxygens (including phenoxy) is 4. The molecule has 0 bridgehead atoms. The third-order valence-electron chi connectivity index (χ3n) is 7.35. The predicted molar refractivity (Wildman–Crippen MR) is 193 cm³/mol. The molecule has 0 aromatic heterocycles. The molecule has 1 aromatic rings. The third-order valence-corrected chi connectivity index (χ3v) is 7.35. The molecule has 1 rings (SSSR count). The van der Waals surface area contributed by atoms with Crippen LogP contribution in [0.3, 0.4) is 0 Å². The van der Waals surface area contributed by atoms with Crippen molar-refractivity contribution in [2.24, 2.45) is 23.7 Å². The van der Waals surface area contributed by atoms with Gasteiger partial charge in [0.15, 0.2) is 0 Å². The van der Waals surface area contributed by atoms with E-state index in [0.29, 0.717) is 75.1 Å². The molecule has 0 spiro atoms. The zero-order valence-corrected chi connectivity index (χ0v) is 31.6. The van der Waals surface area contributed by atoms with Crippen LogP contribution < -0.4 is 0 Å². The summed E-state index contributed by atoms with van der Waals surface area (Å²) in [4.78, 5) is 47.4. The molecule has 1 aromatic carbocycles. The molecule has 0 aliphatic rings. The summed E-state index contributed by atoms with van der Waals surface area (Å²) >= 11 is 0. The van der Waals surface area contributed by atoms with Crippen LogP contribution >= 0.6 is 0 Å². The molecule has 8 heteroatoms. The van der Waals surface area contributed by atoms with Crippen molar-refractivity contribution in [2.45, 2.75) is 145 Å². The largest absolute Gasteiger partial charge is 0.465 e. The maximum Gasteiger partial charge on any atom is 0.339 e. The summed E-state index contributed by atoms with van der Waals surface area (Å²) in [6, 6.07) is 6.75. The van der Waals surface area contributed by atoms with Gasteiger partial charge in [0, 0.05) is 12.8 Å². The van der Waals surface area contributed by atoms with Gasteiger partial charge in [-0.2, -0.15) is 0 Å². The summed E-state index contributed by atoms with van der Waals surface area (Å²) in [5, 5.41) is 0. The fraction of sp³-hybridized carbons (Fsp3) is 0.750. The van der Waals surface area contributed by atoms with Gasteiger partial charge >= 0.3 is 23.9 Å². The Morgan fingerprint density at radius 1 is 0.458 bits per heavy atom. The van der Waals surface area contributed by atoms with Crippen LogP contribution in [0.25, 0.3) is 0 Å². The van der Waals surface area contributed by atoms with Gasteiger partial charge in [0.2, 0.25) is 0 Å². The highest BCUT2D eigenvalue weighted by atomic mass is 16.5.